The van der Waals surface area contributed by atoms with Gasteiger partial charge in [-0.1, -0.05) is 6.92 Å². The molecule has 0 saturated carbocycles. The van der Waals surface area contributed by atoms with Crippen LogP contribution in [0.25, 0.3) is 0 Å². The van der Waals surface area contributed by atoms with Crippen molar-refractivity contribution in [2.75, 3.05) is 13.2 Å². The normalized spacial score (nSPS) is 29.4. The Labute approximate surface area is 73.5 Å². The lowest BCUT2D eigenvalue weighted by Gasteiger charge is -2.27. The highest BCUT2D eigenvalue weighted by atomic mass is 16.7. The van der Waals surface area contributed by atoms with Crippen LogP contribution in [-0.4, -0.2) is 19.4 Å². The minimum absolute atomic E-state index is 0.0893. The molecule has 3 heteroatoms. The molecule has 0 bridgehead atoms. The van der Waals surface area contributed by atoms with E-state index in [2.05, 4.69) is 13.0 Å². The predicted octanol–water partition coefficient (Wildman–Crippen LogP) is 1.25. The lowest BCUT2D eigenvalue weighted by molar-refractivity contribution is -0.129. The third kappa shape index (κ3) is 2.50. The zero-order valence-electron chi connectivity index (χ0n) is 7.75. The molecule has 1 rings (SSSR count). The van der Waals surface area contributed by atoms with Crippen molar-refractivity contribution in [3.05, 3.63) is 11.8 Å². The summed E-state index contributed by atoms with van der Waals surface area (Å²) in [6.45, 7) is 5.27. The van der Waals surface area contributed by atoms with Gasteiger partial charge in [-0.3, -0.25) is 0 Å². The van der Waals surface area contributed by atoms with Gasteiger partial charge in [-0.05, 0) is 18.9 Å². The van der Waals surface area contributed by atoms with Crippen LogP contribution < -0.4 is 5.73 Å². The van der Waals surface area contributed by atoms with Gasteiger partial charge in [0.05, 0.1) is 6.54 Å². The molecule has 0 unspecified atom stereocenters. The summed E-state index contributed by atoms with van der Waals surface area (Å²) in [6, 6.07) is 0. The summed E-state index contributed by atoms with van der Waals surface area (Å²) in [5.74, 6) is 1.36. The summed E-state index contributed by atoms with van der Waals surface area (Å²) < 4.78 is 10.8. The van der Waals surface area contributed by atoms with Crippen LogP contribution in [-0.2, 0) is 9.47 Å². The number of allylic oxidation sites excluding steroid dienone is 1. The molecular weight excluding hydrogens is 154 g/mol. The number of hydrogen-bond donors (Lipinski definition) is 1. The molecule has 0 aromatic rings. The molecule has 1 aliphatic heterocycles. The van der Waals surface area contributed by atoms with Crippen LogP contribution in [0.4, 0.5) is 0 Å². The molecule has 0 aromatic heterocycles. The zero-order chi connectivity index (χ0) is 8.97. The van der Waals surface area contributed by atoms with Gasteiger partial charge < -0.3 is 15.2 Å². The smallest absolute Gasteiger partial charge is 0.199 e. The van der Waals surface area contributed by atoms with Gasteiger partial charge in [-0.25, -0.2) is 0 Å². The lowest BCUT2D eigenvalue weighted by Crippen LogP contribution is -2.26. The molecule has 0 radical (unpaired) electrons. The monoisotopic (exact) mass is 171 g/mol. The molecule has 1 aliphatic rings. The van der Waals surface area contributed by atoms with E-state index in [9.17, 15) is 0 Å². The van der Waals surface area contributed by atoms with Gasteiger partial charge in [-0.15, -0.1) is 0 Å². The highest BCUT2D eigenvalue weighted by molar-refractivity contribution is 5.00. The van der Waals surface area contributed by atoms with E-state index in [1.54, 1.807) is 0 Å². The molecule has 0 aromatic carbocycles. The fourth-order valence-corrected chi connectivity index (χ4v) is 1.35. The van der Waals surface area contributed by atoms with E-state index in [-0.39, 0.29) is 6.29 Å². The van der Waals surface area contributed by atoms with Crippen molar-refractivity contribution >= 4 is 0 Å². The van der Waals surface area contributed by atoms with Crippen LogP contribution in [0, 0.1) is 5.92 Å². The summed E-state index contributed by atoms with van der Waals surface area (Å²) in [7, 11) is 0. The second kappa shape index (κ2) is 4.48. The van der Waals surface area contributed by atoms with E-state index in [0.29, 0.717) is 19.1 Å². The first-order chi connectivity index (χ1) is 5.76. The number of rotatable bonds is 3. The Bertz CT molecular complexity index is 168. The Morgan fingerprint density at radius 3 is 3.08 bits per heavy atom. The van der Waals surface area contributed by atoms with Gasteiger partial charge in [-0.2, -0.15) is 0 Å². The first-order valence-corrected chi connectivity index (χ1v) is 4.45. The van der Waals surface area contributed by atoms with Crippen LogP contribution in [0.1, 0.15) is 20.3 Å². The summed E-state index contributed by atoms with van der Waals surface area (Å²) in [5, 5.41) is 0. The van der Waals surface area contributed by atoms with Crippen molar-refractivity contribution in [3.8, 4) is 0 Å². The molecule has 2 N–H and O–H groups in total. The average molecular weight is 171 g/mol. The Hall–Kier alpha value is -0.540. The maximum absolute atomic E-state index is 5.48. The second-order valence-corrected chi connectivity index (χ2v) is 3.05. The van der Waals surface area contributed by atoms with Crippen LogP contribution in [0.15, 0.2) is 11.8 Å². The fourth-order valence-electron chi connectivity index (χ4n) is 1.35. The number of ether oxygens (including phenoxy) is 2. The van der Waals surface area contributed by atoms with E-state index in [4.69, 9.17) is 15.2 Å². The van der Waals surface area contributed by atoms with E-state index >= 15 is 0 Å². The third-order valence-electron chi connectivity index (χ3n) is 1.87. The van der Waals surface area contributed by atoms with Crippen LogP contribution in [0.5, 0.6) is 0 Å². The van der Waals surface area contributed by atoms with E-state index < -0.39 is 0 Å². The minimum atomic E-state index is -0.0893. The summed E-state index contributed by atoms with van der Waals surface area (Å²) in [5.41, 5.74) is 5.48. The second-order valence-electron chi connectivity index (χ2n) is 3.05. The Kier molecular flexibility index (Phi) is 3.56. The van der Waals surface area contributed by atoms with Crippen molar-refractivity contribution in [2.24, 2.45) is 11.7 Å². The zero-order valence-corrected chi connectivity index (χ0v) is 7.75. The Morgan fingerprint density at radius 2 is 2.50 bits per heavy atom. The topological polar surface area (TPSA) is 44.5 Å². The van der Waals surface area contributed by atoms with Gasteiger partial charge in [0.2, 0.25) is 0 Å². The summed E-state index contributed by atoms with van der Waals surface area (Å²) >= 11 is 0. The highest BCUT2D eigenvalue weighted by Crippen LogP contribution is 2.21. The van der Waals surface area contributed by atoms with Gasteiger partial charge in [0.1, 0.15) is 5.76 Å². The first kappa shape index (κ1) is 9.55. The standard InChI is InChI=1S/C9H17NO2/c1-3-11-9-5-7(2)4-8(6-10)12-9/h4,7,9H,3,5-6,10H2,1-2H3/t7-,9+/m1/s1. The van der Waals surface area contributed by atoms with E-state index in [1.165, 1.54) is 0 Å². The van der Waals surface area contributed by atoms with Gasteiger partial charge in [0, 0.05) is 13.0 Å². The van der Waals surface area contributed by atoms with Crippen LogP contribution in [0.3, 0.4) is 0 Å². The predicted molar refractivity (Wildman–Crippen MR) is 47.4 cm³/mol. The van der Waals surface area contributed by atoms with Crippen LogP contribution >= 0.6 is 0 Å². The van der Waals surface area contributed by atoms with Crippen molar-refractivity contribution in [1.82, 2.24) is 0 Å². The molecule has 0 amide bonds. The molecule has 0 fully saturated rings. The van der Waals surface area contributed by atoms with Crippen LogP contribution in [0.2, 0.25) is 0 Å². The largest absolute Gasteiger partial charge is 0.468 e. The molecule has 0 saturated heterocycles. The van der Waals surface area contributed by atoms with Crippen molar-refractivity contribution in [1.29, 1.82) is 0 Å². The maximum atomic E-state index is 5.48. The van der Waals surface area contributed by atoms with E-state index in [1.807, 2.05) is 6.92 Å². The van der Waals surface area contributed by atoms with E-state index in [0.717, 1.165) is 12.2 Å². The number of hydrogen-bond acceptors (Lipinski definition) is 3. The van der Waals surface area contributed by atoms with Crippen molar-refractivity contribution in [3.63, 3.8) is 0 Å². The lowest BCUT2D eigenvalue weighted by atomic mass is 10.0. The SMILES string of the molecule is CCO[C@@H]1C[C@H](C)C=C(CN)O1. The third-order valence-corrected chi connectivity index (χ3v) is 1.87. The van der Waals surface area contributed by atoms with Gasteiger partial charge in [0.25, 0.3) is 0 Å². The molecule has 2 atom stereocenters. The number of nitrogens with two attached hydrogens (primary N) is 1. The molecule has 12 heavy (non-hydrogen) atoms. The van der Waals surface area contributed by atoms with Gasteiger partial charge in [0.15, 0.2) is 6.29 Å². The van der Waals surface area contributed by atoms with Gasteiger partial charge >= 0.3 is 0 Å². The molecule has 0 aliphatic carbocycles. The average Bonchev–Trinajstić information content (AvgIpc) is 2.04. The highest BCUT2D eigenvalue weighted by Gasteiger charge is 2.19. The Balaban J connectivity index is 2.47. The fraction of sp³-hybridized carbons (Fsp3) is 0.778. The molecule has 1 heterocycles. The van der Waals surface area contributed by atoms with Crippen molar-refractivity contribution < 1.29 is 9.47 Å². The molecule has 70 valence electrons. The molecular formula is C9H17NO2. The maximum Gasteiger partial charge on any atom is 0.199 e. The molecule has 3 nitrogen and oxygen atoms in total. The minimum Gasteiger partial charge on any atom is -0.468 e. The Morgan fingerprint density at radius 1 is 1.75 bits per heavy atom. The van der Waals surface area contributed by atoms with Crippen molar-refractivity contribution in [2.45, 2.75) is 26.6 Å². The molecule has 0 spiro atoms. The quantitative estimate of drug-likeness (QED) is 0.695. The first-order valence-electron chi connectivity index (χ1n) is 4.45. The summed E-state index contributed by atoms with van der Waals surface area (Å²) in [6.07, 6.45) is 2.90. The summed E-state index contributed by atoms with van der Waals surface area (Å²) in [4.78, 5) is 0.